The summed E-state index contributed by atoms with van der Waals surface area (Å²) >= 11 is 0. The molecule has 176 valence electrons. The number of hydrogen-bond donors (Lipinski definition) is 1. The Morgan fingerprint density at radius 2 is 1.32 bits per heavy atom. The van der Waals surface area contributed by atoms with Crippen LogP contribution in [0.2, 0.25) is 0 Å². The highest BCUT2D eigenvalue weighted by Crippen LogP contribution is 2.27. The summed E-state index contributed by atoms with van der Waals surface area (Å²) in [7, 11) is 0. The summed E-state index contributed by atoms with van der Waals surface area (Å²) in [6, 6.07) is 5.24. The lowest BCUT2D eigenvalue weighted by Crippen LogP contribution is -2.12. The fraction of sp³-hybridized carbons (Fsp3) is 0.731. The molecule has 1 N–H and O–H groups in total. The molecule has 0 aromatic heterocycles. The van der Waals surface area contributed by atoms with E-state index in [4.69, 9.17) is 0 Å². The van der Waals surface area contributed by atoms with Gasteiger partial charge in [-0.15, -0.1) is 0 Å². The number of nitrogens with one attached hydrogen (secondary N) is 1. The predicted octanol–water partition coefficient (Wildman–Crippen LogP) is 8.36. The largest absolute Gasteiger partial charge is 0.320 e. The van der Waals surface area contributed by atoms with E-state index < -0.39 is 0 Å². The predicted molar refractivity (Wildman–Crippen MR) is 131 cm³/mol. The average molecular weight is 433 g/mol. The van der Waals surface area contributed by atoms with Gasteiger partial charge in [0.05, 0.1) is 4.92 Å². The zero-order valence-corrected chi connectivity index (χ0v) is 19.9. The topological polar surface area (TPSA) is 72.2 Å². The molecule has 5 heteroatoms. The number of nitro groups is 1. The summed E-state index contributed by atoms with van der Waals surface area (Å²) < 4.78 is 0. The van der Waals surface area contributed by atoms with Crippen LogP contribution in [0.3, 0.4) is 0 Å². The minimum absolute atomic E-state index is 0.00461. The molecule has 0 saturated carbocycles. The van der Waals surface area contributed by atoms with Crippen molar-refractivity contribution in [1.82, 2.24) is 0 Å². The van der Waals surface area contributed by atoms with E-state index in [0.717, 1.165) is 44.1 Å². The molecule has 0 spiro atoms. The Hall–Kier alpha value is -1.91. The molecule has 1 aromatic carbocycles. The lowest BCUT2D eigenvalue weighted by atomic mass is 10.0. The third-order valence-corrected chi connectivity index (χ3v) is 5.86. The molecule has 5 nitrogen and oxygen atoms in total. The standard InChI is InChI=1S/C26H44N2O3/c1-3-5-7-9-11-13-14-16-18-23-20-21-24(25(22-23)28(30)31)27-26(29)19-17-15-12-10-8-6-4-2/h20-22H,3-19H2,1-2H3,(H,27,29). The molecule has 0 radical (unpaired) electrons. The zero-order valence-electron chi connectivity index (χ0n) is 19.9. The molecular formula is C26H44N2O3. The van der Waals surface area contributed by atoms with Crippen molar-refractivity contribution in [2.45, 2.75) is 123 Å². The number of carbonyl (C=O) groups is 1. The molecule has 0 bridgehead atoms. The van der Waals surface area contributed by atoms with Crippen molar-refractivity contribution < 1.29 is 9.72 Å². The second-order valence-corrected chi connectivity index (χ2v) is 8.75. The summed E-state index contributed by atoms with van der Waals surface area (Å²) in [5.41, 5.74) is 1.30. The van der Waals surface area contributed by atoms with E-state index in [9.17, 15) is 14.9 Å². The van der Waals surface area contributed by atoms with Gasteiger partial charge in [0.15, 0.2) is 0 Å². The lowest BCUT2D eigenvalue weighted by molar-refractivity contribution is -0.384. The number of nitro benzene ring substituents is 1. The molecular weight excluding hydrogens is 388 g/mol. The van der Waals surface area contributed by atoms with Crippen LogP contribution in [0.4, 0.5) is 11.4 Å². The minimum Gasteiger partial charge on any atom is -0.320 e. The number of benzene rings is 1. The van der Waals surface area contributed by atoms with Crippen LogP contribution >= 0.6 is 0 Å². The maximum absolute atomic E-state index is 12.2. The van der Waals surface area contributed by atoms with Crippen molar-refractivity contribution >= 4 is 17.3 Å². The maximum atomic E-state index is 12.2. The Morgan fingerprint density at radius 1 is 0.806 bits per heavy atom. The Kier molecular flexibility index (Phi) is 15.5. The van der Waals surface area contributed by atoms with Crippen LogP contribution in [0.5, 0.6) is 0 Å². The highest BCUT2D eigenvalue weighted by molar-refractivity contribution is 5.93. The van der Waals surface area contributed by atoms with E-state index in [1.807, 2.05) is 6.07 Å². The van der Waals surface area contributed by atoms with Gasteiger partial charge in [0.1, 0.15) is 5.69 Å². The van der Waals surface area contributed by atoms with E-state index in [1.54, 1.807) is 12.1 Å². The number of carbonyl (C=O) groups excluding carboxylic acids is 1. The fourth-order valence-corrected chi connectivity index (χ4v) is 3.91. The summed E-state index contributed by atoms with van der Waals surface area (Å²) in [6.07, 6.45) is 19.3. The Balaban J connectivity index is 2.36. The summed E-state index contributed by atoms with van der Waals surface area (Å²) in [5.74, 6) is -0.132. The number of amides is 1. The van der Waals surface area contributed by atoms with E-state index in [-0.39, 0.29) is 16.5 Å². The second kappa shape index (κ2) is 17.7. The lowest BCUT2D eigenvalue weighted by Gasteiger charge is -2.08. The summed E-state index contributed by atoms with van der Waals surface area (Å²) in [4.78, 5) is 23.3. The maximum Gasteiger partial charge on any atom is 0.293 e. The molecule has 0 aliphatic carbocycles. The molecule has 0 fully saturated rings. The SMILES string of the molecule is CCCCCCCCCCc1ccc(NC(=O)CCCCCCCCC)c([N+](=O)[O-])c1. The van der Waals surface area contributed by atoms with Crippen LogP contribution in [-0.4, -0.2) is 10.8 Å². The second-order valence-electron chi connectivity index (χ2n) is 8.75. The molecule has 0 atom stereocenters. The smallest absolute Gasteiger partial charge is 0.293 e. The monoisotopic (exact) mass is 432 g/mol. The zero-order chi connectivity index (χ0) is 22.7. The van der Waals surface area contributed by atoms with Gasteiger partial charge in [-0.3, -0.25) is 14.9 Å². The van der Waals surface area contributed by atoms with Crippen molar-refractivity contribution in [1.29, 1.82) is 0 Å². The highest BCUT2D eigenvalue weighted by Gasteiger charge is 2.16. The summed E-state index contributed by atoms with van der Waals surface area (Å²) in [6.45, 7) is 4.43. The molecule has 1 aromatic rings. The quantitative estimate of drug-likeness (QED) is 0.136. The van der Waals surface area contributed by atoms with Crippen LogP contribution in [0, 0.1) is 10.1 Å². The molecule has 1 amide bonds. The molecule has 31 heavy (non-hydrogen) atoms. The van der Waals surface area contributed by atoms with Gasteiger partial charge in [0, 0.05) is 12.5 Å². The number of rotatable bonds is 19. The Labute approximate surface area is 189 Å². The summed E-state index contributed by atoms with van der Waals surface area (Å²) in [5, 5.41) is 14.2. The van der Waals surface area contributed by atoms with Gasteiger partial charge in [-0.05, 0) is 30.9 Å². The average Bonchev–Trinajstić information content (AvgIpc) is 2.75. The Bertz CT molecular complexity index is 631. The Morgan fingerprint density at radius 3 is 1.87 bits per heavy atom. The third kappa shape index (κ3) is 13.2. The van der Waals surface area contributed by atoms with Crippen LogP contribution in [0.25, 0.3) is 0 Å². The van der Waals surface area contributed by atoms with Crippen LogP contribution in [0.15, 0.2) is 18.2 Å². The van der Waals surface area contributed by atoms with E-state index in [1.165, 1.54) is 64.2 Å². The third-order valence-electron chi connectivity index (χ3n) is 5.86. The minimum atomic E-state index is -0.388. The first-order valence-electron chi connectivity index (χ1n) is 12.7. The molecule has 0 unspecified atom stereocenters. The van der Waals surface area contributed by atoms with Gasteiger partial charge in [0.2, 0.25) is 5.91 Å². The fourth-order valence-electron chi connectivity index (χ4n) is 3.91. The van der Waals surface area contributed by atoms with Crippen LogP contribution in [0.1, 0.15) is 122 Å². The van der Waals surface area contributed by atoms with E-state index in [2.05, 4.69) is 19.2 Å². The normalized spacial score (nSPS) is 10.9. The van der Waals surface area contributed by atoms with Gasteiger partial charge in [-0.1, -0.05) is 103 Å². The molecule has 0 saturated heterocycles. The number of nitrogens with zero attached hydrogens (tertiary/aromatic N) is 1. The van der Waals surface area contributed by atoms with Gasteiger partial charge >= 0.3 is 0 Å². The van der Waals surface area contributed by atoms with Crippen LogP contribution < -0.4 is 5.32 Å². The number of anilines is 1. The van der Waals surface area contributed by atoms with E-state index >= 15 is 0 Å². The van der Waals surface area contributed by atoms with E-state index in [0.29, 0.717) is 12.1 Å². The first-order chi connectivity index (χ1) is 15.1. The first-order valence-corrected chi connectivity index (χ1v) is 12.7. The number of hydrogen-bond acceptors (Lipinski definition) is 3. The van der Waals surface area contributed by atoms with Crippen molar-refractivity contribution in [3.05, 3.63) is 33.9 Å². The number of unbranched alkanes of at least 4 members (excludes halogenated alkanes) is 13. The van der Waals surface area contributed by atoms with Gasteiger partial charge in [-0.2, -0.15) is 0 Å². The van der Waals surface area contributed by atoms with Crippen molar-refractivity contribution in [3.63, 3.8) is 0 Å². The van der Waals surface area contributed by atoms with Gasteiger partial charge in [0.25, 0.3) is 5.69 Å². The molecule has 0 aliphatic rings. The van der Waals surface area contributed by atoms with Gasteiger partial charge < -0.3 is 5.32 Å². The highest BCUT2D eigenvalue weighted by atomic mass is 16.6. The molecule has 0 aliphatic heterocycles. The first kappa shape index (κ1) is 27.1. The van der Waals surface area contributed by atoms with Crippen molar-refractivity contribution in [2.24, 2.45) is 0 Å². The number of aryl methyl sites for hydroxylation is 1. The van der Waals surface area contributed by atoms with Gasteiger partial charge in [-0.25, -0.2) is 0 Å². The van der Waals surface area contributed by atoms with Crippen LogP contribution in [-0.2, 0) is 11.2 Å². The van der Waals surface area contributed by atoms with Crippen molar-refractivity contribution in [3.8, 4) is 0 Å². The molecule has 0 heterocycles. The molecule has 1 rings (SSSR count). The van der Waals surface area contributed by atoms with Crippen molar-refractivity contribution in [2.75, 3.05) is 5.32 Å².